The lowest BCUT2D eigenvalue weighted by Gasteiger charge is -2.29. The molecule has 0 fully saturated rings. The van der Waals surface area contributed by atoms with Crippen molar-refractivity contribution in [1.29, 1.82) is 0 Å². The number of benzene rings is 2. The predicted molar refractivity (Wildman–Crippen MR) is 98.1 cm³/mol. The smallest absolute Gasteiger partial charge is 0.0323 e. The SMILES string of the molecule is CC(c1ccc(I)cc1)N(CCCN)Cc1ccccc1. The number of nitrogens with two attached hydrogens (primary N) is 1. The Hall–Kier alpha value is -0.910. The van der Waals surface area contributed by atoms with E-state index in [2.05, 4.69) is 89.0 Å². The van der Waals surface area contributed by atoms with Crippen LogP contribution < -0.4 is 5.73 Å². The van der Waals surface area contributed by atoms with Gasteiger partial charge in [0.25, 0.3) is 0 Å². The monoisotopic (exact) mass is 394 g/mol. The third-order valence-corrected chi connectivity index (χ3v) is 4.50. The van der Waals surface area contributed by atoms with E-state index in [1.807, 2.05) is 0 Å². The maximum Gasteiger partial charge on any atom is 0.0323 e. The summed E-state index contributed by atoms with van der Waals surface area (Å²) in [6.07, 6.45) is 1.03. The number of halogens is 1. The second-order valence-electron chi connectivity index (χ2n) is 5.33. The molecule has 2 aromatic rings. The molecule has 0 aliphatic heterocycles. The van der Waals surface area contributed by atoms with Gasteiger partial charge in [-0.15, -0.1) is 0 Å². The molecule has 0 amide bonds. The van der Waals surface area contributed by atoms with Crippen LogP contribution in [0, 0.1) is 3.57 Å². The van der Waals surface area contributed by atoms with Crippen LogP contribution in [0.1, 0.15) is 30.5 Å². The average molecular weight is 394 g/mol. The van der Waals surface area contributed by atoms with Gasteiger partial charge in [-0.2, -0.15) is 0 Å². The largest absolute Gasteiger partial charge is 0.330 e. The highest BCUT2D eigenvalue weighted by atomic mass is 127. The van der Waals surface area contributed by atoms with E-state index in [9.17, 15) is 0 Å². The van der Waals surface area contributed by atoms with Crippen molar-refractivity contribution in [1.82, 2.24) is 4.90 Å². The van der Waals surface area contributed by atoms with Crippen molar-refractivity contribution in [3.8, 4) is 0 Å². The molecule has 1 atom stereocenters. The maximum atomic E-state index is 5.70. The highest BCUT2D eigenvalue weighted by molar-refractivity contribution is 14.1. The Morgan fingerprint density at radius 2 is 1.71 bits per heavy atom. The van der Waals surface area contributed by atoms with E-state index in [4.69, 9.17) is 5.73 Å². The number of hydrogen-bond acceptors (Lipinski definition) is 2. The van der Waals surface area contributed by atoms with E-state index < -0.39 is 0 Å². The topological polar surface area (TPSA) is 29.3 Å². The van der Waals surface area contributed by atoms with Gasteiger partial charge in [0.2, 0.25) is 0 Å². The van der Waals surface area contributed by atoms with E-state index in [0.29, 0.717) is 6.04 Å². The minimum absolute atomic E-state index is 0.397. The molecule has 3 heteroatoms. The van der Waals surface area contributed by atoms with Crippen molar-refractivity contribution in [3.63, 3.8) is 0 Å². The Morgan fingerprint density at radius 1 is 1.05 bits per heavy atom. The van der Waals surface area contributed by atoms with Crippen LogP contribution >= 0.6 is 22.6 Å². The predicted octanol–water partition coefficient (Wildman–Crippen LogP) is 4.20. The molecule has 0 bridgehead atoms. The minimum atomic E-state index is 0.397. The third-order valence-electron chi connectivity index (χ3n) is 3.78. The van der Waals surface area contributed by atoms with E-state index in [-0.39, 0.29) is 0 Å². The molecule has 21 heavy (non-hydrogen) atoms. The standard InChI is InChI=1S/C18H23IN2/c1-15(17-8-10-18(19)11-9-17)21(13-5-12-20)14-16-6-3-2-4-7-16/h2-4,6-11,15H,5,12-14,20H2,1H3. The molecule has 0 saturated heterocycles. The molecule has 2 aromatic carbocycles. The Bertz CT molecular complexity index is 525. The highest BCUT2D eigenvalue weighted by Gasteiger charge is 2.15. The second kappa shape index (κ2) is 8.51. The van der Waals surface area contributed by atoms with Crippen LogP contribution in [-0.2, 0) is 6.54 Å². The van der Waals surface area contributed by atoms with E-state index in [0.717, 1.165) is 26.1 Å². The Morgan fingerprint density at radius 3 is 2.33 bits per heavy atom. The lowest BCUT2D eigenvalue weighted by atomic mass is 10.1. The minimum Gasteiger partial charge on any atom is -0.330 e. The summed E-state index contributed by atoms with van der Waals surface area (Å²) in [5.41, 5.74) is 8.42. The van der Waals surface area contributed by atoms with Crippen molar-refractivity contribution in [3.05, 3.63) is 69.3 Å². The Balaban J connectivity index is 2.12. The summed E-state index contributed by atoms with van der Waals surface area (Å²) < 4.78 is 1.28. The van der Waals surface area contributed by atoms with Crippen molar-refractivity contribution in [2.45, 2.75) is 25.9 Å². The lowest BCUT2D eigenvalue weighted by molar-refractivity contribution is 0.200. The fourth-order valence-electron chi connectivity index (χ4n) is 2.47. The molecule has 0 aliphatic rings. The third kappa shape index (κ3) is 5.09. The van der Waals surface area contributed by atoms with Gasteiger partial charge in [0.15, 0.2) is 0 Å². The van der Waals surface area contributed by atoms with E-state index in [1.165, 1.54) is 14.7 Å². The van der Waals surface area contributed by atoms with Gasteiger partial charge in [-0.3, -0.25) is 4.90 Å². The fourth-order valence-corrected chi connectivity index (χ4v) is 2.83. The normalized spacial score (nSPS) is 12.6. The second-order valence-corrected chi connectivity index (χ2v) is 6.57. The molecule has 2 N–H and O–H groups in total. The first-order chi connectivity index (χ1) is 10.2. The van der Waals surface area contributed by atoms with Crippen molar-refractivity contribution in [2.24, 2.45) is 5.73 Å². The average Bonchev–Trinajstić information content (AvgIpc) is 2.52. The molecule has 0 saturated carbocycles. The van der Waals surface area contributed by atoms with Gasteiger partial charge in [0.1, 0.15) is 0 Å². The van der Waals surface area contributed by atoms with Crippen molar-refractivity contribution >= 4 is 22.6 Å². The molecule has 0 radical (unpaired) electrons. The Labute approximate surface area is 141 Å². The number of nitrogens with zero attached hydrogens (tertiary/aromatic N) is 1. The van der Waals surface area contributed by atoms with Crippen LogP contribution in [0.15, 0.2) is 54.6 Å². The lowest BCUT2D eigenvalue weighted by Crippen LogP contribution is -2.29. The van der Waals surface area contributed by atoms with Gasteiger partial charge >= 0.3 is 0 Å². The Kier molecular flexibility index (Phi) is 6.67. The molecular formula is C18H23IN2. The van der Waals surface area contributed by atoms with Gasteiger partial charge in [-0.1, -0.05) is 42.5 Å². The summed E-state index contributed by atoms with van der Waals surface area (Å²) in [6, 6.07) is 19.9. The van der Waals surface area contributed by atoms with Crippen LogP contribution in [0.3, 0.4) is 0 Å². The van der Waals surface area contributed by atoms with Gasteiger partial charge in [0, 0.05) is 22.7 Å². The molecule has 2 rings (SSSR count). The van der Waals surface area contributed by atoms with Gasteiger partial charge < -0.3 is 5.73 Å². The van der Waals surface area contributed by atoms with Crippen LogP contribution in [0.25, 0.3) is 0 Å². The molecule has 0 heterocycles. The molecule has 2 nitrogen and oxygen atoms in total. The maximum absolute atomic E-state index is 5.70. The molecule has 0 spiro atoms. The summed E-state index contributed by atoms with van der Waals surface area (Å²) in [5, 5.41) is 0. The summed E-state index contributed by atoms with van der Waals surface area (Å²) in [4.78, 5) is 2.50. The van der Waals surface area contributed by atoms with Gasteiger partial charge in [0.05, 0.1) is 0 Å². The van der Waals surface area contributed by atoms with Gasteiger partial charge in [-0.25, -0.2) is 0 Å². The first-order valence-electron chi connectivity index (χ1n) is 7.44. The van der Waals surface area contributed by atoms with Crippen LogP contribution in [0.4, 0.5) is 0 Å². The van der Waals surface area contributed by atoms with Gasteiger partial charge in [-0.05, 0) is 65.7 Å². The summed E-state index contributed by atoms with van der Waals surface area (Å²) in [7, 11) is 0. The highest BCUT2D eigenvalue weighted by Crippen LogP contribution is 2.23. The molecule has 1 unspecified atom stereocenters. The zero-order valence-electron chi connectivity index (χ0n) is 12.5. The first-order valence-corrected chi connectivity index (χ1v) is 8.52. The van der Waals surface area contributed by atoms with Crippen LogP contribution in [0.2, 0.25) is 0 Å². The molecule has 0 aromatic heterocycles. The summed E-state index contributed by atoms with van der Waals surface area (Å²) in [5.74, 6) is 0. The zero-order valence-corrected chi connectivity index (χ0v) is 14.7. The summed E-state index contributed by atoms with van der Waals surface area (Å²) in [6.45, 7) is 5.01. The molecular weight excluding hydrogens is 371 g/mol. The molecule has 0 aliphatic carbocycles. The van der Waals surface area contributed by atoms with Crippen LogP contribution in [0.5, 0.6) is 0 Å². The number of hydrogen-bond donors (Lipinski definition) is 1. The zero-order chi connectivity index (χ0) is 15.1. The molecule has 112 valence electrons. The van der Waals surface area contributed by atoms with E-state index in [1.54, 1.807) is 0 Å². The van der Waals surface area contributed by atoms with Crippen molar-refractivity contribution < 1.29 is 0 Å². The van der Waals surface area contributed by atoms with Crippen molar-refractivity contribution in [2.75, 3.05) is 13.1 Å². The summed E-state index contributed by atoms with van der Waals surface area (Å²) >= 11 is 2.35. The number of rotatable bonds is 7. The fraction of sp³-hybridized carbons (Fsp3) is 0.333. The van der Waals surface area contributed by atoms with E-state index >= 15 is 0 Å². The van der Waals surface area contributed by atoms with Crippen LogP contribution in [-0.4, -0.2) is 18.0 Å². The first kappa shape index (κ1) is 16.5. The quantitative estimate of drug-likeness (QED) is 0.714.